The van der Waals surface area contributed by atoms with E-state index in [1.807, 2.05) is 0 Å². The molecule has 1 aromatic carbocycles. The minimum Gasteiger partial charge on any atom is -0.273 e. The van der Waals surface area contributed by atoms with Crippen LogP contribution in [0.15, 0.2) is 36.5 Å². The first-order chi connectivity index (χ1) is 12.4. The van der Waals surface area contributed by atoms with Gasteiger partial charge in [0.15, 0.2) is 9.84 Å². The highest BCUT2D eigenvalue weighted by atomic mass is 32.2. The Balaban J connectivity index is 2.31. The molecule has 1 aliphatic rings. The Hall–Kier alpha value is -2.19. The third-order valence-corrected chi connectivity index (χ3v) is 8.80. The summed E-state index contributed by atoms with van der Waals surface area (Å²) in [7, 11) is -5.74. The van der Waals surface area contributed by atoms with Crippen LogP contribution in [-0.4, -0.2) is 35.1 Å². The van der Waals surface area contributed by atoms with Crippen LogP contribution in [-0.2, 0) is 24.6 Å². The summed E-state index contributed by atoms with van der Waals surface area (Å²) in [5.41, 5.74) is 2.75. The molecule has 0 N–H and O–H groups in total. The Morgan fingerprint density at radius 2 is 1.78 bits per heavy atom. The Kier molecular flexibility index (Phi) is 4.47. The van der Waals surface area contributed by atoms with E-state index in [1.165, 1.54) is 7.05 Å². The minimum absolute atomic E-state index is 0.153. The SMILES string of the molecule is Cc1c(C2=Cc3ncccc3C(C)(C)S2(=O)=O)cccc1N(C)S(C)(=O)=O. The van der Waals surface area contributed by atoms with E-state index in [4.69, 9.17) is 0 Å². The lowest BCUT2D eigenvalue weighted by Gasteiger charge is -2.32. The second-order valence-corrected chi connectivity index (χ2v) is 11.6. The standard InChI is InChI=1S/C19H22N2O4S2/c1-13-14(8-6-10-17(13)21(4)26(5,22)23)18-12-16-15(9-7-11-20-16)19(2,3)27(18,24)25/h6-12H,1-5H3. The van der Waals surface area contributed by atoms with Crippen LogP contribution in [0.5, 0.6) is 0 Å². The number of sulfonamides is 1. The molecule has 0 spiro atoms. The van der Waals surface area contributed by atoms with Gasteiger partial charge in [0.1, 0.15) is 0 Å². The number of anilines is 1. The van der Waals surface area contributed by atoms with E-state index >= 15 is 0 Å². The molecule has 8 heteroatoms. The van der Waals surface area contributed by atoms with Crippen molar-refractivity contribution in [2.75, 3.05) is 17.6 Å². The van der Waals surface area contributed by atoms with E-state index in [-0.39, 0.29) is 4.91 Å². The number of rotatable bonds is 3. The molecule has 6 nitrogen and oxygen atoms in total. The van der Waals surface area contributed by atoms with Gasteiger partial charge in [-0.15, -0.1) is 0 Å². The summed E-state index contributed by atoms with van der Waals surface area (Å²) >= 11 is 0. The molecular weight excluding hydrogens is 384 g/mol. The van der Waals surface area contributed by atoms with Gasteiger partial charge in [0.05, 0.1) is 27.3 Å². The van der Waals surface area contributed by atoms with Crippen LogP contribution in [0.25, 0.3) is 11.0 Å². The second-order valence-electron chi connectivity index (χ2n) is 7.14. The average Bonchev–Trinajstić information content (AvgIpc) is 2.58. The third-order valence-electron chi connectivity index (χ3n) is 5.12. The molecule has 27 heavy (non-hydrogen) atoms. The van der Waals surface area contributed by atoms with Gasteiger partial charge in [0, 0.05) is 13.2 Å². The highest BCUT2D eigenvalue weighted by molar-refractivity contribution is 8.01. The molecular formula is C19H22N2O4S2. The van der Waals surface area contributed by atoms with Gasteiger partial charge in [0.2, 0.25) is 10.0 Å². The number of sulfone groups is 1. The van der Waals surface area contributed by atoms with Gasteiger partial charge >= 0.3 is 0 Å². The maximum absolute atomic E-state index is 13.4. The van der Waals surface area contributed by atoms with Gasteiger partial charge in [0.25, 0.3) is 0 Å². The molecule has 1 aliphatic heterocycles. The molecule has 0 aliphatic carbocycles. The van der Waals surface area contributed by atoms with Gasteiger partial charge < -0.3 is 0 Å². The molecule has 3 rings (SSSR count). The zero-order valence-electron chi connectivity index (χ0n) is 15.9. The van der Waals surface area contributed by atoms with E-state index in [0.717, 1.165) is 10.6 Å². The van der Waals surface area contributed by atoms with E-state index in [0.29, 0.717) is 28.1 Å². The monoisotopic (exact) mass is 406 g/mol. The van der Waals surface area contributed by atoms with Crippen LogP contribution < -0.4 is 4.31 Å². The van der Waals surface area contributed by atoms with E-state index < -0.39 is 24.6 Å². The number of aromatic nitrogens is 1. The van der Waals surface area contributed by atoms with Crippen molar-refractivity contribution in [2.45, 2.75) is 25.5 Å². The fraction of sp³-hybridized carbons (Fsp3) is 0.316. The van der Waals surface area contributed by atoms with Gasteiger partial charge in [-0.2, -0.15) is 0 Å². The molecule has 0 radical (unpaired) electrons. The number of hydrogen-bond acceptors (Lipinski definition) is 5. The van der Waals surface area contributed by atoms with Crippen LogP contribution in [0.2, 0.25) is 0 Å². The molecule has 0 unspecified atom stereocenters. The smallest absolute Gasteiger partial charge is 0.232 e. The Bertz CT molecular complexity index is 1160. The molecule has 0 fully saturated rings. The summed E-state index contributed by atoms with van der Waals surface area (Å²) in [4.78, 5) is 4.49. The van der Waals surface area contributed by atoms with Gasteiger partial charge in [-0.3, -0.25) is 9.29 Å². The number of hydrogen-bond donors (Lipinski definition) is 0. The zero-order valence-corrected chi connectivity index (χ0v) is 17.5. The Morgan fingerprint density at radius 3 is 2.41 bits per heavy atom. The third kappa shape index (κ3) is 2.96. The van der Waals surface area contributed by atoms with Crippen molar-refractivity contribution in [1.82, 2.24) is 4.98 Å². The normalized spacial score (nSPS) is 17.7. The van der Waals surface area contributed by atoms with Crippen molar-refractivity contribution in [3.8, 4) is 0 Å². The molecule has 0 atom stereocenters. The van der Waals surface area contributed by atoms with Crippen molar-refractivity contribution in [2.24, 2.45) is 0 Å². The van der Waals surface area contributed by atoms with Crippen molar-refractivity contribution >= 4 is 36.5 Å². The highest BCUT2D eigenvalue weighted by Gasteiger charge is 2.44. The second kappa shape index (κ2) is 6.17. The van der Waals surface area contributed by atoms with Crippen LogP contribution in [0.3, 0.4) is 0 Å². The van der Waals surface area contributed by atoms with Crippen molar-refractivity contribution < 1.29 is 16.8 Å². The Morgan fingerprint density at radius 1 is 1.11 bits per heavy atom. The fourth-order valence-electron chi connectivity index (χ4n) is 3.30. The fourth-order valence-corrected chi connectivity index (χ4v) is 5.64. The summed E-state index contributed by atoms with van der Waals surface area (Å²) in [5, 5.41) is 0. The van der Waals surface area contributed by atoms with Crippen LogP contribution >= 0.6 is 0 Å². The first kappa shape index (κ1) is 19.6. The first-order valence-corrected chi connectivity index (χ1v) is 11.7. The predicted octanol–water partition coefficient (Wildman–Crippen LogP) is 2.95. The van der Waals surface area contributed by atoms with Gasteiger partial charge in [-0.05, 0) is 55.7 Å². The quantitative estimate of drug-likeness (QED) is 0.782. The highest BCUT2D eigenvalue weighted by Crippen LogP contribution is 2.45. The number of pyridine rings is 1. The molecule has 0 amide bonds. The molecule has 0 saturated carbocycles. The summed E-state index contributed by atoms with van der Waals surface area (Å²) < 4.78 is 50.7. The molecule has 2 aromatic rings. The molecule has 2 heterocycles. The van der Waals surface area contributed by atoms with E-state index in [9.17, 15) is 16.8 Å². The largest absolute Gasteiger partial charge is 0.273 e. The summed E-state index contributed by atoms with van der Waals surface area (Å²) in [6.45, 7) is 5.05. The van der Waals surface area contributed by atoms with Crippen molar-refractivity contribution in [3.63, 3.8) is 0 Å². The van der Waals surface area contributed by atoms with Crippen LogP contribution in [0, 0.1) is 6.92 Å². The van der Waals surface area contributed by atoms with Crippen LogP contribution in [0.4, 0.5) is 5.69 Å². The predicted molar refractivity (Wildman–Crippen MR) is 108 cm³/mol. The number of fused-ring (bicyclic) bond motifs is 1. The lowest BCUT2D eigenvalue weighted by atomic mass is 9.98. The van der Waals surface area contributed by atoms with E-state index in [1.54, 1.807) is 63.4 Å². The lowest BCUT2D eigenvalue weighted by molar-refractivity contribution is 0.564. The topological polar surface area (TPSA) is 84.4 Å². The summed E-state index contributed by atoms with van der Waals surface area (Å²) in [5.74, 6) is 0. The lowest BCUT2D eigenvalue weighted by Crippen LogP contribution is -2.33. The van der Waals surface area contributed by atoms with Gasteiger partial charge in [-0.25, -0.2) is 16.8 Å². The average molecular weight is 407 g/mol. The minimum atomic E-state index is -3.72. The maximum Gasteiger partial charge on any atom is 0.232 e. The summed E-state index contributed by atoms with van der Waals surface area (Å²) in [6.07, 6.45) is 4.31. The van der Waals surface area contributed by atoms with Gasteiger partial charge in [-0.1, -0.05) is 18.2 Å². The number of nitrogens with zero attached hydrogens (tertiary/aromatic N) is 2. The molecule has 144 valence electrons. The molecule has 0 bridgehead atoms. The van der Waals surface area contributed by atoms with Crippen molar-refractivity contribution in [1.29, 1.82) is 0 Å². The van der Waals surface area contributed by atoms with Crippen molar-refractivity contribution in [3.05, 3.63) is 58.9 Å². The van der Waals surface area contributed by atoms with Crippen LogP contribution in [0.1, 0.15) is 36.2 Å². The first-order valence-electron chi connectivity index (χ1n) is 8.35. The maximum atomic E-state index is 13.4. The van der Waals surface area contributed by atoms with E-state index in [2.05, 4.69) is 4.98 Å². The molecule has 1 aromatic heterocycles. The summed E-state index contributed by atoms with van der Waals surface area (Å²) in [6, 6.07) is 8.52. The number of benzene rings is 1. The zero-order chi connectivity index (χ0) is 20.2. The Labute approximate surface area is 160 Å². The molecule has 0 saturated heterocycles.